The number of piperazine rings is 1. The van der Waals surface area contributed by atoms with E-state index >= 15 is 0 Å². The number of nitrogens with one attached hydrogen (secondary N) is 1. The van der Waals surface area contributed by atoms with E-state index < -0.39 is 17.6 Å². The summed E-state index contributed by atoms with van der Waals surface area (Å²) in [7, 11) is 0. The van der Waals surface area contributed by atoms with Crippen molar-refractivity contribution in [2.75, 3.05) is 26.2 Å². The van der Waals surface area contributed by atoms with Crippen molar-refractivity contribution in [1.29, 1.82) is 0 Å². The van der Waals surface area contributed by atoms with Gasteiger partial charge in [0.25, 0.3) is 0 Å². The van der Waals surface area contributed by atoms with Gasteiger partial charge in [-0.25, -0.2) is 4.39 Å². The molecule has 2 rings (SSSR count). The molecule has 0 radical (unpaired) electrons. The number of alkyl halides is 3. The maximum absolute atomic E-state index is 13.8. The molecule has 1 atom stereocenters. The summed E-state index contributed by atoms with van der Waals surface area (Å²) in [5.41, 5.74) is -0.494. The lowest BCUT2D eigenvalue weighted by atomic mass is 9.96. The van der Waals surface area contributed by atoms with Gasteiger partial charge in [0.2, 0.25) is 0 Å². The highest BCUT2D eigenvalue weighted by Gasteiger charge is 2.33. The van der Waals surface area contributed by atoms with E-state index in [4.69, 9.17) is 0 Å². The smallest absolute Gasteiger partial charge is 0.314 e. The van der Waals surface area contributed by atoms with E-state index in [1.165, 1.54) is 6.07 Å². The summed E-state index contributed by atoms with van der Waals surface area (Å²) < 4.78 is 52.8. The molecule has 24 heavy (non-hydrogen) atoms. The molecule has 0 amide bonds. The fourth-order valence-electron chi connectivity index (χ4n) is 3.15. The first kappa shape index (κ1) is 18.9. The molecule has 0 saturated carbocycles. The molecule has 1 fully saturated rings. The first-order valence-corrected chi connectivity index (χ1v) is 8.35. The summed E-state index contributed by atoms with van der Waals surface area (Å²) >= 11 is 0. The molecule has 0 unspecified atom stereocenters. The molecule has 1 N–H and O–H groups in total. The van der Waals surface area contributed by atoms with Gasteiger partial charge < -0.3 is 5.32 Å². The van der Waals surface area contributed by atoms with E-state index in [9.17, 15) is 17.6 Å². The van der Waals surface area contributed by atoms with Crippen molar-refractivity contribution >= 4 is 0 Å². The standard InChI is InChI=1S/C18H24F4N2/c1-2-3-4-5-6-17(24-9-7-23-8-10-24)14-11-15(18(20,21)22)13-16(19)12-14/h2,11-13,17,23H,1,3-10H2/t17-/m1/s1. The van der Waals surface area contributed by atoms with Crippen LogP contribution in [0.5, 0.6) is 0 Å². The maximum Gasteiger partial charge on any atom is 0.416 e. The van der Waals surface area contributed by atoms with Gasteiger partial charge >= 0.3 is 6.18 Å². The van der Waals surface area contributed by atoms with E-state index in [-0.39, 0.29) is 6.04 Å². The van der Waals surface area contributed by atoms with Gasteiger partial charge in [-0.15, -0.1) is 6.58 Å². The molecule has 134 valence electrons. The van der Waals surface area contributed by atoms with E-state index in [2.05, 4.69) is 16.8 Å². The second kappa shape index (κ2) is 8.62. The predicted molar refractivity (Wildman–Crippen MR) is 87.3 cm³/mol. The molecule has 1 aromatic rings. The van der Waals surface area contributed by atoms with Gasteiger partial charge in [0, 0.05) is 32.2 Å². The van der Waals surface area contributed by atoms with Crippen molar-refractivity contribution in [2.45, 2.75) is 37.9 Å². The highest BCUT2D eigenvalue weighted by molar-refractivity contribution is 5.29. The first-order chi connectivity index (χ1) is 11.4. The van der Waals surface area contributed by atoms with Crippen molar-refractivity contribution < 1.29 is 17.6 Å². The summed E-state index contributed by atoms with van der Waals surface area (Å²) in [5, 5.41) is 3.24. The topological polar surface area (TPSA) is 15.3 Å². The third kappa shape index (κ3) is 5.31. The van der Waals surface area contributed by atoms with Gasteiger partial charge in [-0.1, -0.05) is 12.5 Å². The van der Waals surface area contributed by atoms with Gasteiger partial charge in [0.05, 0.1) is 5.56 Å². The van der Waals surface area contributed by atoms with E-state index in [1.807, 2.05) is 6.08 Å². The van der Waals surface area contributed by atoms with Crippen LogP contribution in [0, 0.1) is 5.82 Å². The van der Waals surface area contributed by atoms with Crippen molar-refractivity contribution in [2.24, 2.45) is 0 Å². The van der Waals surface area contributed by atoms with Crippen LogP contribution < -0.4 is 5.32 Å². The predicted octanol–water partition coefficient (Wildman–Crippen LogP) is 4.54. The van der Waals surface area contributed by atoms with Gasteiger partial charge in [-0.05, 0) is 43.0 Å². The van der Waals surface area contributed by atoms with Gasteiger partial charge in [0.1, 0.15) is 5.82 Å². The van der Waals surface area contributed by atoms with Crippen LogP contribution >= 0.6 is 0 Å². The number of hydrogen-bond donors (Lipinski definition) is 1. The molecule has 1 heterocycles. The minimum Gasteiger partial charge on any atom is -0.314 e. The van der Waals surface area contributed by atoms with Crippen LogP contribution in [0.3, 0.4) is 0 Å². The second-order valence-corrected chi connectivity index (χ2v) is 6.15. The van der Waals surface area contributed by atoms with Gasteiger partial charge in [-0.2, -0.15) is 13.2 Å². The summed E-state index contributed by atoms with van der Waals surface area (Å²) in [6.45, 7) is 6.78. The third-order valence-corrected chi connectivity index (χ3v) is 4.36. The average molecular weight is 344 g/mol. The van der Waals surface area contributed by atoms with E-state index in [0.29, 0.717) is 18.1 Å². The first-order valence-electron chi connectivity index (χ1n) is 8.35. The highest BCUT2D eigenvalue weighted by Crippen LogP contribution is 2.34. The van der Waals surface area contributed by atoms with Crippen LogP contribution in [-0.2, 0) is 6.18 Å². The Labute approximate surface area is 140 Å². The number of halogens is 4. The van der Waals surface area contributed by atoms with Crippen LogP contribution in [0.25, 0.3) is 0 Å². The van der Waals surface area contributed by atoms with Gasteiger partial charge in [-0.3, -0.25) is 4.90 Å². The average Bonchev–Trinajstić information content (AvgIpc) is 2.54. The zero-order chi connectivity index (χ0) is 17.6. The molecular formula is C18H24F4N2. The summed E-state index contributed by atoms with van der Waals surface area (Å²) in [6, 6.07) is 2.73. The number of nitrogens with zero attached hydrogens (tertiary/aromatic N) is 1. The number of allylic oxidation sites excluding steroid dienone is 1. The fraction of sp³-hybridized carbons (Fsp3) is 0.556. The lowest BCUT2D eigenvalue weighted by Gasteiger charge is -2.35. The second-order valence-electron chi connectivity index (χ2n) is 6.15. The Morgan fingerprint density at radius 1 is 1.17 bits per heavy atom. The van der Waals surface area contributed by atoms with E-state index in [0.717, 1.165) is 51.5 Å². The van der Waals surface area contributed by atoms with Crippen LogP contribution in [0.2, 0.25) is 0 Å². The molecule has 0 aliphatic carbocycles. The van der Waals surface area contributed by atoms with Crippen LogP contribution in [0.15, 0.2) is 30.9 Å². The van der Waals surface area contributed by atoms with Crippen molar-refractivity contribution in [3.63, 3.8) is 0 Å². The summed E-state index contributed by atoms with van der Waals surface area (Å²) in [4.78, 5) is 2.15. The zero-order valence-electron chi connectivity index (χ0n) is 13.7. The molecular weight excluding hydrogens is 320 g/mol. The third-order valence-electron chi connectivity index (χ3n) is 4.36. The van der Waals surface area contributed by atoms with Crippen molar-refractivity contribution in [1.82, 2.24) is 10.2 Å². The molecule has 1 aliphatic rings. The molecule has 0 aromatic heterocycles. The lowest BCUT2D eigenvalue weighted by molar-refractivity contribution is -0.137. The Morgan fingerprint density at radius 3 is 2.50 bits per heavy atom. The Hall–Kier alpha value is -1.40. The van der Waals surface area contributed by atoms with Crippen molar-refractivity contribution in [3.8, 4) is 0 Å². The van der Waals surface area contributed by atoms with Crippen molar-refractivity contribution in [3.05, 3.63) is 47.8 Å². The maximum atomic E-state index is 13.8. The van der Waals surface area contributed by atoms with E-state index in [1.54, 1.807) is 0 Å². The molecule has 1 aliphatic heterocycles. The summed E-state index contributed by atoms with van der Waals surface area (Å²) in [6.07, 6.45) is 0.712. The quantitative estimate of drug-likeness (QED) is 0.444. The number of rotatable bonds is 7. The SMILES string of the molecule is C=CCCCC[C@H](c1cc(F)cc(C(F)(F)F)c1)N1CCNCC1. The Kier molecular flexibility index (Phi) is 6.80. The van der Waals surface area contributed by atoms with Crippen LogP contribution in [0.1, 0.15) is 42.9 Å². The molecule has 1 aromatic carbocycles. The Balaban J connectivity index is 2.24. The monoisotopic (exact) mass is 344 g/mol. The fourth-order valence-corrected chi connectivity index (χ4v) is 3.15. The molecule has 0 bridgehead atoms. The molecule has 0 spiro atoms. The highest BCUT2D eigenvalue weighted by atomic mass is 19.4. The molecule has 6 heteroatoms. The number of unbranched alkanes of at least 4 members (excludes halogenated alkanes) is 2. The lowest BCUT2D eigenvalue weighted by Crippen LogP contribution is -2.45. The number of benzene rings is 1. The summed E-state index contributed by atoms with van der Waals surface area (Å²) in [5.74, 6) is -0.828. The molecule has 2 nitrogen and oxygen atoms in total. The van der Waals surface area contributed by atoms with Crippen LogP contribution in [-0.4, -0.2) is 31.1 Å². The normalized spacial score (nSPS) is 17.7. The minimum absolute atomic E-state index is 0.186. The Morgan fingerprint density at radius 2 is 1.88 bits per heavy atom. The largest absolute Gasteiger partial charge is 0.416 e. The minimum atomic E-state index is -4.53. The molecule has 1 saturated heterocycles. The zero-order valence-corrected chi connectivity index (χ0v) is 13.7. The van der Waals surface area contributed by atoms with Gasteiger partial charge in [0.15, 0.2) is 0 Å². The van der Waals surface area contributed by atoms with Crippen LogP contribution in [0.4, 0.5) is 17.6 Å². The number of hydrogen-bond acceptors (Lipinski definition) is 2. The Bertz CT molecular complexity index is 536.